The van der Waals surface area contributed by atoms with E-state index in [2.05, 4.69) is 10.2 Å². The minimum absolute atomic E-state index is 0.435. The Kier molecular flexibility index (Phi) is 2.65. The topological polar surface area (TPSA) is 44.6 Å². The van der Waals surface area contributed by atoms with Gasteiger partial charge in [-0.05, 0) is 12.4 Å². The largest absolute Gasteiger partial charge is 0.437 e. The lowest BCUT2D eigenvalue weighted by molar-refractivity contribution is 0.560. The fourth-order valence-electron chi connectivity index (χ4n) is 0.776. The Hall–Kier alpha value is -0.605. The van der Waals surface area contributed by atoms with Crippen molar-refractivity contribution < 1.29 is 5.02 Å². The number of hydrogen-bond acceptors (Lipinski definition) is 3. The summed E-state index contributed by atoms with van der Waals surface area (Å²) < 4.78 is 0. The van der Waals surface area contributed by atoms with E-state index in [0.717, 1.165) is 12.1 Å². The Bertz CT molecular complexity index is 165. The van der Waals surface area contributed by atoms with Crippen LogP contribution in [0.1, 0.15) is 0 Å². The third-order valence-electron chi connectivity index (χ3n) is 1.32. The summed E-state index contributed by atoms with van der Waals surface area (Å²) >= 11 is 0. The highest BCUT2D eigenvalue weighted by Gasteiger charge is 2.03. The van der Waals surface area contributed by atoms with Gasteiger partial charge in [-0.15, -0.1) is 0 Å². The van der Waals surface area contributed by atoms with Gasteiger partial charge in [0.05, 0.1) is 6.54 Å². The molecule has 0 aromatic heterocycles. The summed E-state index contributed by atoms with van der Waals surface area (Å²) in [4.78, 5) is 4.00. The molecule has 0 bridgehead atoms. The Morgan fingerprint density at radius 3 is 3.20 bits per heavy atom. The van der Waals surface area contributed by atoms with Gasteiger partial charge in [0.1, 0.15) is 0 Å². The second-order valence-corrected chi connectivity index (χ2v) is 2.33. The fourth-order valence-corrected chi connectivity index (χ4v) is 0.776. The quantitative estimate of drug-likeness (QED) is 0.525. The van der Waals surface area contributed by atoms with Crippen LogP contribution in [-0.4, -0.2) is 31.4 Å². The van der Waals surface area contributed by atoms with Crippen LogP contribution in [-0.2, 0) is 0 Å². The van der Waals surface area contributed by atoms with E-state index >= 15 is 0 Å². The number of aliphatic imine (C=N–C) groups is 1. The van der Waals surface area contributed by atoms with Crippen LogP contribution < -0.4 is 5.23 Å². The monoisotopic (exact) mass is 138 g/mol. The molecule has 1 rings (SSSR count). The van der Waals surface area contributed by atoms with Gasteiger partial charge in [0.25, 0.3) is 0 Å². The van der Waals surface area contributed by atoms with E-state index in [1.54, 1.807) is 6.82 Å². The highest BCUT2D eigenvalue weighted by Crippen LogP contribution is 1.95. The molecule has 0 saturated carbocycles. The van der Waals surface area contributed by atoms with Crippen molar-refractivity contribution in [2.24, 2.45) is 4.99 Å². The zero-order valence-electron chi connectivity index (χ0n) is 6.04. The minimum Gasteiger partial charge on any atom is -0.437 e. The van der Waals surface area contributed by atoms with Gasteiger partial charge in [0.2, 0.25) is 0 Å². The van der Waals surface area contributed by atoms with Gasteiger partial charge in [-0.2, -0.15) is 0 Å². The lowest BCUT2D eigenvalue weighted by Gasteiger charge is -2.01. The predicted octanol–water partition coefficient (Wildman–Crippen LogP) is -0.303. The summed E-state index contributed by atoms with van der Waals surface area (Å²) in [5.74, 6) is 0. The van der Waals surface area contributed by atoms with Crippen molar-refractivity contribution in [3.63, 3.8) is 0 Å². The van der Waals surface area contributed by atoms with Crippen LogP contribution in [0.4, 0.5) is 0 Å². The second kappa shape index (κ2) is 3.54. The summed E-state index contributed by atoms with van der Waals surface area (Å²) in [5.41, 5.74) is 1.15. The molecular formula is C6H11BN2O. The molecule has 1 aliphatic rings. The lowest BCUT2D eigenvalue weighted by Crippen LogP contribution is -2.32. The molecule has 0 aromatic carbocycles. The van der Waals surface area contributed by atoms with Crippen LogP contribution in [0.25, 0.3) is 0 Å². The highest BCUT2D eigenvalue weighted by atomic mass is 16.2. The van der Waals surface area contributed by atoms with Crippen molar-refractivity contribution in [3.8, 4) is 0 Å². The molecule has 10 heavy (non-hydrogen) atoms. The molecule has 4 heteroatoms. The van der Waals surface area contributed by atoms with Gasteiger partial charge in [0, 0.05) is 12.8 Å². The van der Waals surface area contributed by atoms with Gasteiger partial charge in [-0.25, -0.2) is 0 Å². The van der Waals surface area contributed by atoms with Crippen LogP contribution in [0.2, 0.25) is 6.82 Å². The SMILES string of the molecule is CB(O)NCC1=CCN=C1. The molecular weight excluding hydrogens is 127 g/mol. The van der Waals surface area contributed by atoms with Crippen LogP contribution >= 0.6 is 0 Å². The molecule has 1 heterocycles. The molecule has 0 amide bonds. The molecule has 0 aromatic rings. The van der Waals surface area contributed by atoms with Crippen molar-refractivity contribution in [1.82, 2.24) is 5.23 Å². The van der Waals surface area contributed by atoms with Gasteiger partial charge in [-0.3, -0.25) is 4.99 Å². The van der Waals surface area contributed by atoms with E-state index < -0.39 is 7.05 Å². The normalized spacial score (nSPS) is 15.6. The van der Waals surface area contributed by atoms with Crippen molar-refractivity contribution in [1.29, 1.82) is 0 Å². The first-order chi connectivity index (χ1) is 4.79. The zero-order chi connectivity index (χ0) is 7.40. The summed E-state index contributed by atoms with van der Waals surface area (Å²) in [5, 5.41) is 11.7. The van der Waals surface area contributed by atoms with E-state index in [9.17, 15) is 0 Å². The third kappa shape index (κ3) is 2.33. The van der Waals surface area contributed by atoms with Crippen LogP contribution in [0.5, 0.6) is 0 Å². The highest BCUT2D eigenvalue weighted by molar-refractivity contribution is 6.45. The number of hydrogen-bond donors (Lipinski definition) is 2. The molecule has 0 saturated heterocycles. The predicted molar refractivity (Wildman–Crippen MR) is 43.3 cm³/mol. The molecule has 0 fully saturated rings. The molecule has 0 radical (unpaired) electrons. The summed E-state index contributed by atoms with van der Waals surface area (Å²) in [6, 6.07) is 0. The van der Waals surface area contributed by atoms with E-state index in [0.29, 0.717) is 6.54 Å². The van der Waals surface area contributed by atoms with E-state index in [-0.39, 0.29) is 0 Å². The van der Waals surface area contributed by atoms with Crippen molar-refractivity contribution in [2.45, 2.75) is 6.82 Å². The summed E-state index contributed by atoms with van der Waals surface area (Å²) in [7, 11) is -0.435. The Labute approximate surface area is 61.0 Å². The van der Waals surface area contributed by atoms with Crippen LogP contribution in [0.15, 0.2) is 16.6 Å². The average molecular weight is 138 g/mol. The first-order valence-electron chi connectivity index (χ1n) is 3.39. The maximum Gasteiger partial charge on any atom is 0.373 e. The van der Waals surface area contributed by atoms with Crippen LogP contribution in [0, 0.1) is 0 Å². The molecule has 3 nitrogen and oxygen atoms in total. The van der Waals surface area contributed by atoms with Gasteiger partial charge in [0.15, 0.2) is 0 Å². The lowest BCUT2D eigenvalue weighted by atomic mass is 9.88. The average Bonchev–Trinajstić information content (AvgIpc) is 2.34. The second-order valence-electron chi connectivity index (χ2n) is 2.33. The first-order valence-corrected chi connectivity index (χ1v) is 3.39. The Balaban J connectivity index is 2.19. The smallest absolute Gasteiger partial charge is 0.373 e. The van der Waals surface area contributed by atoms with E-state index in [4.69, 9.17) is 5.02 Å². The molecule has 0 atom stereocenters. The van der Waals surface area contributed by atoms with Gasteiger partial charge in [-0.1, -0.05) is 6.08 Å². The number of rotatable bonds is 3. The first kappa shape index (κ1) is 7.50. The zero-order valence-corrected chi connectivity index (χ0v) is 6.04. The fraction of sp³-hybridized carbons (Fsp3) is 0.500. The molecule has 0 unspecified atom stereocenters. The van der Waals surface area contributed by atoms with Crippen molar-refractivity contribution >= 4 is 13.3 Å². The maximum atomic E-state index is 8.83. The molecule has 0 spiro atoms. The Morgan fingerprint density at radius 2 is 2.70 bits per heavy atom. The van der Waals surface area contributed by atoms with E-state index in [1.807, 2.05) is 12.3 Å². The summed E-state index contributed by atoms with van der Waals surface area (Å²) in [6.07, 6.45) is 3.87. The molecule has 1 aliphatic heterocycles. The third-order valence-corrected chi connectivity index (χ3v) is 1.32. The molecule has 2 N–H and O–H groups in total. The van der Waals surface area contributed by atoms with Gasteiger partial charge < -0.3 is 10.3 Å². The van der Waals surface area contributed by atoms with Crippen molar-refractivity contribution in [2.75, 3.05) is 13.1 Å². The number of nitrogens with one attached hydrogen (secondary N) is 1. The van der Waals surface area contributed by atoms with Crippen LogP contribution in [0.3, 0.4) is 0 Å². The molecule has 0 aliphatic carbocycles. The molecule has 54 valence electrons. The van der Waals surface area contributed by atoms with E-state index in [1.165, 1.54) is 0 Å². The van der Waals surface area contributed by atoms with Crippen molar-refractivity contribution in [3.05, 3.63) is 11.6 Å². The Morgan fingerprint density at radius 1 is 1.90 bits per heavy atom. The minimum atomic E-state index is -0.435. The number of nitrogens with zero attached hydrogens (tertiary/aromatic N) is 1. The van der Waals surface area contributed by atoms with Gasteiger partial charge >= 0.3 is 7.05 Å². The summed E-state index contributed by atoms with van der Waals surface area (Å²) in [6.45, 7) is 3.20. The maximum absolute atomic E-state index is 8.83. The standard InChI is InChI=1S/C6H11BN2O/c1-7(10)9-5-6-2-3-8-4-6/h2,4,9-10H,3,5H2,1H3.